The van der Waals surface area contributed by atoms with Crippen LogP contribution in [0.1, 0.15) is 35.5 Å². The van der Waals surface area contributed by atoms with Gasteiger partial charge in [-0.15, -0.1) is 0 Å². The van der Waals surface area contributed by atoms with E-state index in [0.29, 0.717) is 80.6 Å². The molecule has 0 aliphatic carbocycles. The van der Waals surface area contributed by atoms with Crippen molar-refractivity contribution < 1.29 is 23.2 Å². The SMILES string of the molecule is COCCCNC(=O)c1ccccc1NC(=O)C1CCN(Cc2nc(-c3ccc(F)cc3)no2)CC1. The van der Waals surface area contributed by atoms with E-state index in [1.807, 2.05) is 0 Å². The van der Waals surface area contributed by atoms with E-state index in [-0.39, 0.29) is 23.5 Å². The number of carbonyl (C=O) groups is 2. The molecule has 2 aromatic carbocycles. The maximum absolute atomic E-state index is 13.1. The van der Waals surface area contributed by atoms with Crippen LogP contribution in [0, 0.1) is 11.7 Å². The fourth-order valence-electron chi connectivity index (χ4n) is 4.12. The Morgan fingerprint density at radius 2 is 1.89 bits per heavy atom. The number of nitrogens with zero attached hydrogens (tertiary/aromatic N) is 3. The first-order valence-corrected chi connectivity index (χ1v) is 12.0. The van der Waals surface area contributed by atoms with Gasteiger partial charge >= 0.3 is 0 Å². The van der Waals surface area contributed by atoms with Gasteiger partial charge in [0, 0.05) is 31.7 Å². The number of carbonyl (C=O) groups excluding carboxylic acids is 2. The molecule has 0 bridgehead atoms. The summed E-state index contributed by atoms with van der Waals surface area (Å²) in [4.78, 5) is 32.1. The third-order valence-corrected chi connectivity index (χ3v) is 6.13. The van der Waals surface area contributed by atoms with E-state index in [9.17, 15) is 14.0 Å². The summed E-state index contributed by atoms with van der Waals surface area (Å²) in [5, 5.41) is 9.78. The van der Waals surface area contributed by atoms with Crippen LogP contribution in [0.3, 0.4) is 0 Å². The van der Waals surface area contributed by atoms with Gasteiger partial charge < -0.3 is 19.9 Å². The van der Waals surface area contributed by atoms with Crippen molar-refractivity contribution in [1.29, 1.82) is 0 Å². The van der Waals surface area contributed by atoms with Gasteiger partial charge in [-0.2, -0.15) is 4.98 Å². The molecular weight excluding hydrogens is 465 g/mol. The lowest BCUT2D eigenvalue weighted by Crippen LogP contribution is -2.38. The number of nitrogens with one attached hydrogen (secondary N) is 2. The van der Waals surface area contributed by atoms with Crippen molar-refractivity contribution in [2.45, 2.75) is 25.8 Å². The van der Waals surface area contributed by atoms with Crippen LogP contribution < -0.4 is 10.6 Å². The summed E-state index contributed by atoms with van der Waals surface area (Å²) < 4.78 is 23.5. The van der Waals surface area contributed by atoms with E-state index in [0.717, 1.165) is 0 Å². The number of ether oxygens (including phenoxy) is 1. The third-order valence-electron chi connectivity index (χ3n) is 6.13. The first-order valence-electron chi connectivity index (χ1n) is 12.0. The number of amides is 2. The highest BCUT2D eigenvalue weighted by Crippen LogP contribution is 2.23. The Bertz CT molecular complexity index is 1160. The van der Waals surface area contributed by atoms with Gasteiger partial charge in [-0.05, 0) is 68.8 Å². The fraction of sp³-hybridized carbons (Fsp3) is 0.385. The van der Waals surface area contributed by atoms with Crippen molar-refractivity contribution in [3.8, 4) is 11.4 Å². The lowest BCUT2D eigenvalue weighted by molar-refractivity contribution is -0.121. The van der Waals surface area contributed by atoms with Gasteiger partial charge in [0.05, 0.1) is 17.8 Å². The highest BCUT2D eigenvalue weighted by atomic mass is 19.1. The minimum Gasteiger partial charge on any atom is -0.385 e. The molecule has 3 aromatic rings. The van der Waals surface area contributed by atoms with Crippen molar-refractivity contribution in [3.05, 3.63) is 65.8 Å². The van der Waals surface area contributed by atoms with E-state index < -0.39 is 0 Å². The van der Waals surface area contributed by atoms with E-state index in [1.165, 1.54) is 12.1 Å². The molecule has 1 aliphatic heterocycles. The van der Waals surface area contributed by atoms with Gasteiger partial charge in [0.15, 0.2) is 0 Å². The summed E-state index contributed by atoms with van der Waals surface area (Å²) in [6, 6.07) is 12.9. The van der Waals surface area contributed by atoms with Crippen LogP contribution in [0.5, 0.6) is 0 Å². The number of para-hydroxylation sites is 1. The smallest absolute Gasteiger partial charge is 0.253 e. The summed E-state index contributed by atoms with van der Waals surface area (Å²) in [6.07, 6.45) is 2.07. The van der Waals surface area contributed by atoms with Crippen LogP contribution >= 0.6 is 0 Å². The van der Waals surface area contributed by atoms with Crippen LogP contribution in [0.4, 0.5) is 10.1 Å². The van der Waals surface area contributed by atoms with Gasteiger partial charge in [0.2, 0.25) is 17.6 Å². The van der Waals surface area contributed by atoms with E-state index in [4.69, 9.17) is 9.26 Å². The summed E-state index contributed by atoms with van der Waals surface area (Å²) in [7, 11) is 1.62. The summed E-state index contributed by atoms with van der Waals surface area (Å²) in [5.41, 5.74) is 1.63. The second kappa shape index (κ2) is 12.4. The quantitative estimate of drug-likeness (QED) is 0.414. The lowest BCUT2D eigenvalue weighted by Gasteiger charge is -2.30. The van der Waals surface area contributed by atoms with Gasteiger partial charge in [-0.25, -0.2) is 4.39 Å². The molecule has 190 valence electrons. The molecule has 0 radical (unpaired) electrons. The lowest BCUT2D eigenvalue weighted by atomic mass is 9.95. The van der Waals surface area contributed by atoms with Crippen LogP contribution in [0.15, 0.2) is 53.1 Å². The normalized spacial score (nSPS) is 14.5. The predicted octanol–water partition coefficient (Wildman–Crippen LogP) is 3.49. The Morgan fingerprint density at radius 3 is 2.64 bits per heavy atom. The molecule has 36 heavy (non-hydrogen) atoms. The first-order chi connectivity index (χ1) is 17.5. The largest absolute Gasteiger partial charge is 0.385 e. The molecule has 0 unspecified atom stereocenters. The molecule has 2 N–H and O–H groups in total. The number of halogens is 1. The molecule has 1 saturated heterocycles. The number of benzene rings is 2. The standard InChI is InChI=1S/C26H30FN5O4/c1-35-16-4-13-28-26(34)21-5-2-3-6-22(21)29-25(33)19-11-14-32(15-12-19)17-23-30-24(31-36-23)18-7-9-20(27)10-8-18/h2-3,5-10,19H,4,11-17H2,1H3,(H,28,34)(H,29,33). The Morgan fingerprint density at radius 1 is 1.14 bits per heavy atom. The Labute approximate surface area is 209 Å². The van der Waals surface area contributed by atoms with Crippen molar-refractivity contribution >= 4 is 17.5 Å². The maximum Gasteiger partial charge on any atom is 0.253 e. The topological polar surface area (TPSA) is 110 Å². The van der Waals surface area contributed by atoms with Crippen molar-refractivity contribution in [2.75, 3.05) is 38.7 Å². The van der Waals surface area contributed by atoms with Crippen LogP contribution in [-0.2, 0) is 16.1 Å². The molecule has 2 heterocycles. The molecule has 1 aliphatic rings. The summed E-state index contributed by atoms with van der Waals surface area (Å²) >= 11 is 0. The zero-order chi connectivity index (χ0) is 25.3. The number of anilines is 1. The molecule has 0 spiro atoms. The summed E-state index contributed by atoms with van der Waals surface area (Å²) in [5.74, 6) is 0.0981. The Balaban J connectivity index is 1.27. The second-order valence-electron chi connectivity index (χ2n) is 8.71. The van der Waals surface area contributed by atoms with Gasteiger partial charge in [-0.3, -0.25) is 14.5 Å². The highest BCUT2D eigenvalue weighted by molar-refractivity contribution is 6.04. The minimum absolute atomic E-state index is 0.0920. The molecule has 10 heteroatoms. The highest BCUT2D eigenvalue weighted by Gasteiger charge is 2.27. The van der Waals surface area contributed by atoms with E-state index in [2.05, 4.69) is 25.7 Å². The van der Waals surface area contributed by atoms with Crippen molar-refractivity contribution in [2.24, 2.45) is 5.92 Å². The fourth-order valence-corrected chi connectivity index (χ4v) is 4.12. The van der Waals surface area contributed by atoms with Crippen LogP contribution in [0.25, 0.3) is 11.4 Å². The van der Waals surface area contributed by atoms with Crippen LogP contribution in [-0.4, -0.2) is 60.2 Å². The summed E-state index contributed by atoms with van der Waals surface area (Å²) in [6.45, 7) is 2.95. The molecule has 4 rings (SSSR count). The Kier molecular flexibility index (Phi) is 8.75. The zero-order valence-corrected chi connectivity index (χ0v) is 20.2. The minimum atomic E-state index is -0.320. The number of hydrogen-bond donors (Lipinski definition) is 2. The van der Waals surface area contributed by atoms with E-state index in [1.54, 1.807) is 43.5 Å². The van der Waals surface area contributed by atoms with Crippen LogP contribution in [0.2, 0.25) is 0 Å². The van der Waals surface area contributed by atoms with Gasteiger partial charge in [0.25, 0.3) is 5.91 Å². The molecule has 9 nitrogen and oxygen atoms in total. The molecule has 1 fully saturated rings. The zero-order valence-electron chi connectivity index (χ0n) is 20.2. The van der Waals surface area contributed by atoms with Crippen molar-refractivity contribution in [1.82, 2.24) is 20.4 Å². The average molecular weight is 496 g/mol. The number of likely N-dealkylation sites (tertiary alicyclic amines) is 1. The maximum atomic E-state index is 13.1. The van der Waals surface area contributed by atoms with Gasteiger partial charge in [0.1, 0.15) is 5.82 Å². The monoisotopic (exact) mass is 495 g/mol. The number of aromatic nitrogens is 2. The van der Waals surface area contributed by atoms with Crippen molar-refractivity contribution in [3.63, 3.8) is 0 Å². The second-order valence-corrected chi connectivity index (χ2v) is 8.71. The predicted molar refractivity (Wildman–Crippen MR) is 132 cm³/mol. The average Bonchev–Trinajstić information content (AvgIpc) is 3.36. The number of hydrogen-bond acceptors (Lipinski definition) is 7. The van der Waals surface area contributed by atoms with Gasteiger partial charge in [-0.1, -0.05) is 17.3 Å². The molecule has 0 saturated carbocycles. The molecule has 2 amide bonds. The molecule has 0 atom stereocenters. The number of methoxy groups -OCH3 is 1. The number of rotatable bonds is 10. The molecular formula is C26H30FN5O4. The third kappa shape index (κ3) is 6.73. The molecule has 1 aromatic heterocycles. The Hall–Kier alpha value is -3.63. The first kappa shape index (κ1) is 25.5. The van der Waals surface area contributed by atoms with E-state index >= 15 is 0 Å². The number of piperidine rings is 1.